The molecule has 20 heavy (non-hydrogen) atoms. The normalized spacial score (nSPS) is 47.5. The zero-order valence-corrected chi connectivity index (χ0v) is 13.1. The number of rotatable bonds is 2. The second kappa shape index (κ2) is 4.38. The molecule has 1 aromatic carbocycles. The molecule has 0 aromatic heterocycles. The fourth-order valence-corrected chi connectivity index (χ4v) is 7.00. The molecule has 4 bridgehead atoms. The average Bonchev–Trinajstić information content (AvgIpc) is 2.36. The van der Waals surface area contributed by atoms with Crippen molar-refractivity contribution in [3.05, 3.63) is 35.9 Å². The van der Waals surface area contributed by atoms with Gasteiger partial charge in [-0.2, -0.15) is 0 Å². The number of nitrogens with two attached hydrogens (primary N) is 1. The first-order valence-electron chi connectivity index (χ1n) is 7.68. The fourth-order valence-electron chi connectivity index (χ4n) is 5.49. The number of hydrogen-bond acceptors (Lipinski definition) is 1. The third kappa shape index (κ3) is 1.94. The van der Waals surface area contributed by atoms with E-state index in [1.807, 2.05) is 6.07 Å². The van der Waals surface area contributed by atoms with E-state index in [0.717, 1.165) is 31.6 Å². The van der Waals surface area contributed by atoms with E-state index in [4.69, 9.17) is 28.9 Å². The van der Waals surface area contributed by atoms with Gasteiger partial charge in [-0.3, -0.25) is 0 Å². The summed E-state index contributed by atoms with van der Waals surface area (Å²) in [5.74, 6) is 1.69. The van der Waals surface area contributed by atoms with Crippen molar-refractivity contribution in [1.82, 2.24) is 0 Å². The Kier molecular flexibility index (Phi) is 2.94. The maximum absolute atomic E-state index is 7.07. The van der Waals surface area contributed by atoms with E-state index >= 15 is 0 Å². The lowest BCUT2D eigenvalue weighted by atomic mass is 9.49. The summed E-state index contributed by atoms with van der Waals surface area (Å²) in [5, 5.41) is 0. The van der Waals surface area contributed by atoms with Crippen LogP contribution in [0, 0.1) is 17.8 Å². The molecular weight excluding hydrogens is 289 g/mol. The monoisotopic (exact) mass is 309 g/mol. The Balaban J connectivity index is 1.69. The zero-order chi connectivity index (χ0) is 14.0. The molecule has 1 aromatic rings. The highest BCUT2D eigenvalue weighted by Gasteiger charge is 2.62. The molecule has 0 amide bonds. The molecule has 0 radical (unpaired) electrons. The second-order valence-corrected chi connectivity index (χ2v) is 8.85. The summed E-state index contributed by atoms with van der Waals surface area (Å²) in [5.41, 5.74) is 7.84. The van der Waals surface area contributed by atoms with Gasteiger partial charge in [0.25, 0.3) is 0 Å². The molecule has 0 heterocycles. The van der Waals surface area contributed by atoms with E-state index in [1.54, 1.807) is 0 Å². The van der Waals surface area contributed by atoms with Crippen molar-refractivity contribution in [3.8, 4) is 0 Å². The van der Waals surface area contributed by atoms with Crippen LogP contribution >= 0.6 is 23.2 Å². The summed E-state index contributed by atoms with van der Waals surface area (Å²) in [4.78, 5) is -0.221. The summed E-state index contributed by atoms with van der Waals surface area (Å²) in [6.45, 7) is 0. The molecule has 2 N–H and O–H groups in total. The van der Waals surface area contributed by atoms with Gasteiger partial charge in [0.05, 0.1) is 4.87 Å². The maximum Gasteiger partial charge on any atom is 0.0515 e. The highest BCUT2D eigenvalue weighted by atomic mass is 35.5. The number of benzene rings is 1. The molecule has 4 saturated carbocycles. The van der Waals surface area contributed by atoms with Gasteiger partial charge < -0.3 is 5.73 Å². The van der Waals surface area contributed by atoms with Gasteiger partial charge in [-0.1, -0.05) is 30.3 Å². The quantitative estimate of drug-likeness (QED) is 0.801. The van der Waals surface area contributed by atoms with Crippen LogP contribution in [-0.4, -0.2) is 9.75 Å². The van der Waals surface area contributed by atoms with Crippen molar-refractivity contribution in [2.45, 2.75) is 47.9 Å². The molecule has 108 valence electrons. The Hall–Kier alpha value is -0.240. The van der Waals surface area contributed by atoms with E-state index in [9.17, 15) is 0 Å². The second-order valence-electron chi connectivity index (χ2n) is 7.30. The van der Waals surface area contributed by atoms with Crippen molar-refractivity contribution in [2.24, 2.45) is 23.5 Å². The Morgan fingerprint density at radius 2 is 1.85 bits per heavy atom. The molecule has 1 nitrogen and oxygen atoms in total. The third-order valence-corrected chi connectivity index (χ3v) is 6.82. The van der Waals surface area contributed by atoms with Crippen LogP contribution in [0.4, 0.5) is 0 Å². The molecule has 0 aliphatic heterocycles. The molecule has 5 rings (SSSR count). The average molecular weight is 310 g/mol. The molecule has 0 saturated heterocycles. The van der Waals surface area contributed by atoms with Crippen molar-refractivity contribution in [3.63, 3.8) is 0 Å². The van der Waals surface area contributed by atoms with Gasteiger partial charge in [0, 0.05) is 16.8 Å². The van der Waals surface area contributed by atoms with Gasteiger partial charge in [0.1, 0.15) is 0 Å². The third-order valence-electron chi connectivity index (χ3n) is 5.83. The molecule has 6 atom stereocenters. The highest BCUT2D eigenvalue weighted by Crippen LogP contribution is 2.66. The van der Waals surface area contributed by atoms with E-state index < -0.39 is 0 Å². The van der Waals surface area contributed by atoms with Crippen molar-refractivity contribution in [1.29, 1.82) is 0 Å². The van der Waals surface area contributed by atoms with Gasteiger partial charge in [0.15, 0.2) is 0 Å². The van der Waals surface area contributed by atoms with Gasteiger partial charge in [-0.25, -0.2) is 0 Å². The minimum absolute atomic E-state index is 0.0407. The predicted molar refractivity (Wildman–Crippen MR) is 84.1 cm³/mol. The zero-order valence-electron chi connectivity index (χ0n) is 11.6. The number of hydrogen-bond donors (Lipinski definition) is 1. The molecule has 4 aliphatic carbocycles. The Labute approximate surface area is 130 Å². The van der Waals surface area contributed by atoms with Crippen LogP contribution < -0.4 is 5.73 Å². The Bertz CT molecular complexity index is 519. The van der Waals surface area contributed by atoms with Crippen LogP contribution in [0.3, 0.4) is 0 Å². The lowest BCUT2D eigenvalue weighted by Gasteiger charge is -2.63. The Morgan fingerprint density at radius 1 is 1.10 bits per heavy atom. The van der Waals surface area contributed by atoms with Crippen LogP contribution in [0.5, 0.6) is 0 Å². The van der Waals surface area contributed by atoms with Crippen LogP contribution in [0.15, 0.2) is 30.3 Å². The van der Waals surface area contributed by atoms with Crippen LogP contribution in [0.1, 0.15) is 43.7 Å². The topological polar surface area (TPSA) is 26.0 Å². The number of halogens is 2. The minimum Gasteiger partial charge on any atom is -0.324 e. The van der Waals surface area contributed by atoms with E-state index in [2.05, 4.69) is 24.3 Å². The standard InChI is InChI=1S/C17H21Cl2N/c18-16-7-11-6-13(9-16)14(17(19,8-11)10-16)15(20)12-4-2-1-3-5-12/h1-5,11,13-15H,6-10,20H2/t11-,13?,14+,15-,16-,17-/m0/s1. The predicted octanol–water partition coefficient (Wildman–Crippen LogP) is 4.48. The smallest absolute Gasteiger partial charge is 0.0515 e. The van der Waals surface area contributed by atoms with Crippen molar-refractivity contribution >= 4 is 23.2 Å². The summed E-state index contributed by atoms with van der Waals surface area (Å²) >= 11 is 13.9. The van der Waals surface area contributed by atoms with Gasteiger partial charge in [0.2, 0.25) is 0 Å². The van der Waals surface area contributed by atoms with Crippen molar-refractivity contribution in [2.75, 3.05) is 0 Å². The molecule has 4 aliphatic rings. The fraction of sp³-hybridized carbons (Fsp3) is 0.647. The minimum atomic E-state index is -0.179. The first kappa shape index (κ1) is 13.4. The van der Waals surface area contributed by atoms with E-state index in [0.29, 0.717) is 11.8 Å². The lowest BCUT2D eigenvalue weighted by Crippen LogP contribution is -2.61. The van der Waals surface area contributed by atoms with E-state index in [-0.39, 0.29) is 15.8 Å². The molecule has 0 spiro atoms. The molecule has 1 unspecified atom stereocenters. The first-order valence-corrected chi connectivity index (χ1v) is 8.43. The van der Waals surface area contributed by atoms with Crippen molar-refractivity contribution < 1.29 is 0 Å². The molecular formula is C17H21Cl2N. The largest absolute Gasteiger partial charge is 0.324 e. The maximum atomic E-state index is 7.07. The number of alkyl halides is 2. The van der Waals surface area contributed by atoms with Crippen LogP contribution in [0.2, 0.25) is 0 Å². The van der Waals surface area contributed by atoms with Crippen LogP contribution in [-0.2, 0) is 0 Å². The highest BCUT2D eigenvalue weighted by molar-refractivity contribution is 6.28. The summed E-state index contributed by atoms with van der Waals surface area (Å²) in [7, 11) is 0. The summed E-state index contributed by atoms with van der Waals surface area (Å²) < 4.78 is 0. The summed E-state index contributed by atoms with van der Waals surface area (Å²) in [6.07, 6.45) is 5.57. The van der Waals surface area contributed by atoms with Gasteiger partial charge in [-0.15, -0.1) is 23.2 Å². The first-order chi connectivity index (χ1) is 9.49. The van der Waals surface area contributed by atoms with Crippen LogP contribution in [0.25, 0.3) is 0 Å². The summed E-state index contributed by atoms with van der Waals surface area (Å²) in [6, 6.07) is 10.5. The van der Waals surface area contributed by atoms with Gasteiger partial charge >= 0.3 is 0 Å². The SMILES string of the molecule is N[C@@H](c1ccccc1)[C@H]1C2C[C@H]3C[C@](Cl)(C2)C[C@@]1(Cl)C3. The van der Waals surface area contributed by atoms with E-state index in [1.165, 1.54) is 12.0 Å². The lowest BCUT2D eigenvalue weighted by molar-refractivity contribution is -0.0187. The Morgan fingerprint density at radius 3 is 2.50 bits per heavy atom. The molecule has 4 fully saturated rings. The molecule has 3 heteroatoms. The van der Waals surface area contributed by atoms with Gasteiger partial charge in [-0.05, 0) is 49.5 Å².